The number of benzene rings is 1. The van der Waals surface area contributed by atoms with Crippen LogP contribution in [0.5, 0.6) is 0 Å². The average Bonchev–Trinajstić information content (AvgIpc) is 3.26. The van der Waals surface area contributed by atoms with Gasteiger partial charge in [0.15, 0.2) is 5.58 Å². The number of nitrogens with zero attached hydrogens (tertiary/aromatic N) is 5. The van der Waals surface area contributed by atoms with Gasteiger partial charge in [0.05, 0.1) is 11.8 Å². The molecule has 136 valence electrons. The van der Waals surface area contributed by atoms with Crippen LogP contribution >= 0.6 is 0 Å². The zero-order chi connectivity index (χ0) is 18.1. The van der Waals surface area contributed by atoms with E-state index in [4.69, 9.17) is 4.42 Å². The summed E-state index contributed by atoms with van der Waals surface area (Å²) >= 11 is 0. The minimum Gasteiger partial charge on any atom is -0.423 e. The van der Waals surface area contributed by atoms with Gasteiger partial charge in [-0.25, -0.2) is 0 Å². The Labute approximate surface area is 152 Å². The Kier molecular flexibility index (Phi) is 4.36. The minimum atomic E-state index is 0.0575. The number of aryl methyl sites for hydroxylation is 1. The number of anilines is 1. The Morgan fingerprint density at radius 2 is 1.96 bits per heavy atom. The SMILES string of the molecule is CCCn1ncc(C(=O)N2CCN(c3nc4ccccc4o3)CC2)c1C. The van der Waals surface area contributed by atoms with Gasteiger partial charge in [0.2, 0.25) is 0 Å². The number of piperazine rings is 1. The molecule has 0 saturated carbocycles. The summed E-state index contributed by atoms with van der Waals surface area (Å²) in [6.45, 7) is 7.62. The van der Waals surface area contributed by atoms with Gasteiger partial charge in [-0.3, -0.25) is 9.48 Å². The summed E-state index contributed by atoms with van der Waals surface area (Å²) in [6.07, 6.45) is 2.69. The number of carbonyl (C=O) groups is 1. The molecule has 0 bridgehead atoms. The molecule has 3 heterocycles. The quantitative estimate of drug-likeness (QED) is 0.721. The Morgan fingerprint density at radius 3 is 2.69 bits per heavy atom. The summed E-state index contributed by atoms with van der Waals surface area (Å²) in [7, 11) is 0. The van der Waals surface area contributed by atoms with E-state index in [0.717, 1.165) is 29.8 Å². The fourth-order valence-corrected chi connectivity index (χ4v) is 3.36. The molecule has 0 unspecified atom stereocenters. The predicted octanol–water partition coefficient (Wildman–Crippen LogP) is 2.71. The van der Waals surface area contributed by atoms with Crippen LogP contribution in [0, 0.1) is 6.92 Å². The molecule has 1 aliphatic rings. The number of hydrogen-bond donors (Lipinski definition) is 0. The second kappa shape index (κ2) is 6.82. The molecule has 1 amide bonds. The van der Waals surface area contributed by atoms with E-state index in [0.29, 0.717) is 37.8 Å². The van der Waals surface area contributed by atoms with Crippen molar-refractivity contribution < 1.29 is 9.21 Å². The maximum Gasteiger partial charge on any atom is 0.298 e. The lowest BCUT2D eigenvalue weighted by Gasteiger charge is -2.33. The maximum absolute atomic E-state index is 12.8. The lowest BCUT2D eigenvalue weighted by atomic mass is 10.2. The number of amides is 1. The van der Waals surface area contributed by atoms with Crippen LogP contribution in [0.4, 0.5) is 6.01 Å². The molecular formula is C19H23N5O2. The van der Waals surface area contributed by atoms with E-state index in [1.54, 1.807) is 6.20 Å². The second-order valence-electron chi connectivity index (χ2n) is 6.61. The molecule has 1 fully saturated rings. The van der Waals surface area contributed by atoms with Crippen LogP contribution in [0.2, 0.25) is 0 Å². The highest BCUT2D eigenvalue weighted by Crippen LogP contribution is 2.23. The predicted molar refractivity (Wildman–Crippen MR) is 99.4 cm³/mol. The Hall–Kier alpha value is -2.83. The summed E-state index contributed by atoms with van der Waals surface area (Å²) in [6, 6.07) is 8.38. The molecule has 1 aromatic carbocycles. The van der Waals surface area contributed by atoms with Crippen molar-refractivity contribution >= 4 is 23.0 Å². The van der Waals surface area contributed by atoms with Crippen molar-refractivity contribution in [2.24, 2.45) is 0 Å². The number of rotatable bonds is 4. The Bertz CT molecular complexity index is 888. The van der Waals surface area contributed by atoms with E-state index in [1.807, 2.05) is 40.8 Å². The smallest absolute Gasteiger partial charge is 0.298 e. The molecule has 2 aromatic heterocycles. The third-order valence-electron chi connectivity index (χ3n) is 4.89. The molecule has 7 nitrogen and oxygen atoms in total. The summed E-state index contributed by atoms with van der Waals surface area (Å²) in [5.41, 5.74) is 3.30. The van der Waals surface area contributed by atoms with Gasteiger partial charge in [-0.05, 0) is 25.5 Å². The van der Waals surface area contributed by atoms with Gasteiger partial charge >= 0.3 is 0 Å². The fraction of sp³-hybridized carbons (Fsp3) is 0.421. The molecule has 0 aliphatic carbocycles. The zero-order valence-corrected chi connectivity index (χ0v) is 15.2. The van der Waals surface area contributed by atoms with Crippen LogP contribution in [0.3, 0.4) is 0 Å². The van der Waals surface area contributed by atoms with Crippen LogP contribution < -0.4 is 4.90 Å². The van der Waals surface area contributed by atoms with E-state index >= 15 is 0 Å². The first kappa shape index (κ1) is 16.6. The number of carbonyl (C=O) groups excluding carboxylic acids is 1. The number of para-hydroxylation sites is 2. The summed E-state index contributed by atoms with van der Waals surface area (Å²) in [5, 5.41) is 4.34. The Morgan fingerprint density at radius 1 is 1.19 bits per heavy atom. The van der Waals surface area contributed by atoms with Gasteiger partial charge in [-0.15, -0.1) is 0 Å². The maximum atomic E-state index is 12.8. The highest BCUT2D eigenvalue weighted by molar-refractivity contribution is 5.95. The third-order valence-corrected chi connectivity index (χ3v) is 4.89. The van der Waals surface area contributed by atoms with Crippen LogP contribution in [0.1, 0.15) is 29.4 Å². The van der Waals surface area contributed by atoms with Crippen molar-refractivity contribution in [2.45, 2.75) is 26.8 Å². The second-order valence-corrected chi connectivity index (χ2v) is 6.61. The monoisotopic (exact) mass is 353 g/mol. The van der Waals surface area contributed by atoms with Crippen molar-refractivity contribution in [1.29, 1.82) is 0 Å². The summed E-state index contributed by atoms with van der Waals surface area (Å²) in [5.74, 6) is 0.0575. The fourth-order valence-electron chi connectivity index (χ4n) is 3.36. The lowest BCUT2D eigenvalue weighted by molar-refractivity contribution is 0.0744. The van der Waals surface area contributed by atoms with Gasteiger partial charge in [0.1, 0.15) is 5.52 Å². The molecule has 7 heteroatoms. The number of hydrogen-bond acceptors (Lipinski definition) is 5. The first-order chi connectivity index (χ1) is 12.7. The Balaban J connectivity index is 1.43. The zero-order valence-electron chi connectivity index (χ0n) is 15.2. The lowest BCUT2D eigenvalue weighted by Crippen LogP contribution is -2.49. The van der Waals surface area contributed by atoms with Gasteiger partial charge in [-0.2, -0.15) is 10.1 Å². The molecule has 0 radical (unpaired) electrons. The van der Waals surface area contributed by atoms with E-state index in [1.165, 1.54) is 0 Å². The highest BCUT2D eigenvalue weighted by atomic mass is 16.4. The normalized spacial score (nSPS) is 15.0. The molecular weight excluding hydrogens is 330 g/mol. The van der Waals surface area contributed by atoms with E-state index in [-0.39, 0.29) is 5.91 Å². The van der Waals surface area contributed by atoms with Crippen LogP contribution in [-0.2, 0) is 6.54 Å². The molecule has 0 N–H and O–H groups in total. The number of aromatic nitrogens is 3. The van der Waals surface area contributed by atoms with Crippen LogP contribution in [0.15, 0.2) is 34.9 Å². The van der Waals surface area contributed by atoms with Gasteiger partial charge in [0.25, 0.3) is 11.9 Å². The van der Waals surface area contributed by atoms with Crippen molar-refractivity contribution in [3.63, 3.8) is 0 Å². The van der Waals surface area contributed by atoms with Gasteiger partial charge in [0, 0.05) is 38.4 Å². The molecule has 26 heavy (non-hydrogen) atoms. The van der Waals surface area contributed by atoms with Crippen LogP contribution in [0.25, 0.3) is 11.1 Å². The summed E-state index contributed by atoms with van der Waals surface area (Å²) in [4.78, 5) is 21.4. The topological polar surface area (TPSA) is 67.4 Å². The van der Waals surface area contributed by atoms with E-state index in [9.17, 15) is 4.79 Å². The van der Waals surface area contributed by atoms with Crippen LogP contribution in [-0.4, -0.2) is 51.8 Å². The first-order valence-electron chi connectivity index (χ1n) is 9.09. The van der Waals surface area contributed by atoms with Gasteiger partial charge < -0.3 is 14.2 Å². The van der Waals surface area contributed by atoms with Crippen molar-refractivity contribution in [3.05, 3.63) is 41.7 Å². The third kappa shape index (κ3) is 2.94. The largest absolute Gasteiger partial charge is 0.423 e. The molecule has 3 aromatic rings. The molecule has 0 spiro atoms. The first-order valence-corrected chi connectivity index (χ1v) is 9.09. The molecule has 0 atom stereocenters. The number of fused-ring (bicyclic) bond motifs is 1. The van der Waals surface area contributed by atoms with Crippen molar-refractivity contribution in [2.75, 3.05) is 31.1 Å². The molecule has 1 aliphatic heterocycles. The highest BCUT2D eigenvalue weighted by Gasteiger charge is 2.26. The van der Waals surface area contributed by atoms with Crippen molar-refractivity contribution in [3.8, 4) is 0 Å². The number of oxazole rings is 1. The standard InChI is InChI=1S/C19H23N5O2/c1-3-8-24-14(2)15(13-20-24)18(25)22-9-11-23(12-10-22)19-21-16-6-4-5-7-17(16)26-19/h4-7,13H,3,8-12H2,1-2H3. The van der Waals surface area contributed by atoms with Crippen molar-refractivity contribution in [1.82, 2.24) is 19.7 Å². The van der Waals surface area contributed by atoms with E-state index < -0.39 is 0 Å². The van der Waals surface area contributed by atoms with Gasteiger partial charge in [-0.1, -0.05) is 19.1 Å². The average molecular weight is 353 g/mol. The van der Waals surface area contributed by atoms with E-state index in [2.05, 4.69) is 21.9 Å². The molecule has 1 saturated heterocycles. The minimum absolute atomic E-state index is 0.0575. The molecule has 4 rings (SSSR count). The summed E-state index contributed by atoms with van der Waals surface area (Å²) < 4.78 is 7.74.